The van der Waals surface area contributed by atoms with Crippen LogP contribution in [0.15, 0.2) is 88.7 Å². The molecule has 14 nitrogen and oxygen atoms in total. The Kier molecular flexibility index (Phi) is 10.4. The van der Waals surface area contributed by atoms with Crippen molar-refractivity contribution in [1.29, 1.82) is 0 Å². The molecule has 5 aromatic rings. The molecular formula is C36H35F2N7O7. The van der Waals surface area contributed by atoms with Crippen molar-refractivity contribution in [2.45, 2.75) is 44.2 Å². The molecule has 0 spiro atoms. The molecule has 270 valence electrons. The van der Waals surface area contributed by atoms with Crippen molar-refractivity contribution in [3.05, 3.63) is 128 Å². The fraction of sp³-hybridized carbons (Fsp3) is 0.278. The summed E-state index contributed by atoms with van der Waals surface area (Å²) in [4.78, 5) is 55.4. The average molecular weight is 716 g/mol. The van der Waals surface area contributed by atoms with Gasteiger partial charge in [-0.25, -0.2) is 18.3 Å². The Morgan fingerprint density at radius 3 is 2.52 bits per heavy atom. The summed E-state index contributed by atoms with van der Waals surface area (Å²) in [6, 6.07) is 14.3. The summed E-state index contributed by atoms with van der Waals surface area (Å²) in [6.45, 7) is 1.19. The molecule has 2 amide bonds. The maximum Gasteiger partial charge on any atom is 0.330 e. The van der Waals surface area contributed by atoms with Crippen molar-refractivity contribution >= 4 is 17.5 Å². The van der Waals surface area contributed by atoms with E-state index in [-0.39, 0.29) is 30.6 Å². The first-order valence-electron chi connectivity index (χ1n) is 16.2. The minimum absolute atomic E-state index is 0.171. The topological polar surface area (TPSA) is 174 Å². The highest BCUT2D eigenvalue weighted by atomic mass is 19.1. The van der Waals surface area contributed by atoms with Crippen LogP contribution in [0.2, 0.25) is 0 Å². The number of rotatable bonds is 11. The number of hydrogen-bond donors (Lipinski definition) is 3. The number of benzene rings is 3. The Balaban J connectivity index is 1.22. The normalized spacial score (nSPS) is 17.5. The van der Waals surface area contributed by atoms with E-state index in [0.717, 1.165) is 18.2 Å². The number of amides is 2. The van der Waals surface area contributed by atoms with Crippen molar-refractivity contribution < 1.29 is 33.0 Å². The van der Waals surface area contributed by atoms with Crippen LogP contribution in [0.25, 0.3) is 11.3 Å². The number of methoxy groups -OCH3 is 1. The Morgan fingerprint density at radius 2 is 1.83 bits per heavy atom. The van der Waals surface area contributed by atoms with Gasteiger partial charge in [0.1, 0.15) is 41.5 Å². The molecule has 1 saturated heterocycles. The van der Waals surface area contributed by atoms with E-state index in [9.17, 15) is 33.1 Å². The molecular weight excluding hydrogens is 680 g/mol. The van der Waals surface area contributed by atoms with E-state index in [4.69, 9.17) is 9.47 Å². The van der Waals surface area contributed by atoms with Crippen LogP contribution in [0.5, 0.6) is 5.75 Å². The number of aliphatic hydroxyl groups excluding tert-OH is 1. The number of carbonyl (C=O) groups is 2. The molecule has 0 aliphatic carbocycles. The summed E-state index contributed by atoms with van der Waals surface area (Å²) >= 11 is 0. The van der Waals surface area contributed by atoms with E-state index in [1.165, 1.54) is 34.5 Å². The molecule has 6 rings (SSSR count). The maximum atomic E-state index is 14.1. The molecule has 3 aromatic carbocycles. The van der Waals surface area contributed by atoms with Gasteiger partial charge in [-0.1, -0.05) is 17.3 Å². The van der Waals surface area contributed by atoms with Crippen LogP contribution in [-0.4, -0.2) is 74.4 Å². The van der Waals surface area contributed by atoms with Gasteiger partial charge in [0.15, 0.2) is 0 Å². The summed E-state index contributed by atoms with van der Waals surface area (Å²) in [6.07, 6.45) is 1.52. The van der Waals surface area contributed by atoms with E-state index in [1.807, 2.05) is 0 Å². The number of anilines is 1. The highest BCUT2D eigenvalue weighted by molar-refractivity contribution is 6.02. The van der Waals surface area contributed by atoms with E-state index in [1.54, 1.807) is 61.7 Å². The third-order valence-corrected chi connectivity index (χ3v) is 8.87. The van der Waals surface area contributed by atoms with Crippen LogP contribution in [0.4, 0.5) is 14.5 Å². The lowest BCUT2D eigenvalue weighted by molar-refractivity contribution is -0.120. The second-order valence-electron chi connectivity index (χ2n) is 12.4. The molecule has 1 aliphatic heterocycles. The summed E-state index contributed by atoms with van der Waals surface area (Å²) in [5.74, 6) is -2.21. The molecule has 3 heterocycles. The summed E-state index contributed by atoms with van der Waals surface area (Å²) in [7, 11) is 3.04. The fourth-order valence-corrected chi connectivity index (χ4v) is 6.09. The van der Waals surface area contributed by atoms with Gasteiger partial charge in [0.2, 0.25) is 5.91 Å². The number of nitrogens with one attached hydrogen (secondary N) is 2. The molecule has 1 aliphatic rings. The van der Waals surface area contributed by atoms with E-state index < -0.39 is 59.1 Å². The van der Waals surface area contributed by atoms with E-state index in [0.29, 0.717) is 28.3 Å². The van der Waals surface area contributed by atoms with Gasteiger partial charge in [-0.2, -0.15) is 0 Å². The number of aryl methyl sites for hydroxylation is 1. The average Bonchev–Trinajstić information content (AvgIpc) is 3.80. The Bertz CT molecular complexity index is 2200. The third kappa shape index (κ3) is 7.67. The van der Waals surface area contributed by atoms with Crippen molar-refractivity contribution in [3.8, 4) is 17.0 Å². The van der Waals surface area contributed by atoms with E-state index >= 15 is 0 Å². The lowest BCUT2D eigenvalue weighted by Gasteiger charge is -2.25. The fourth-order valence-electron chi connectivity index (χ4n) is 6.09. The summed E-state index contributed by atoms with van der Waals surface area (Å²) < 4.78 is 42.1. The van der Waals surface area contributed by atoms with E-state index in [2.05, 4.69) is 20.6 Å². The monoisotopic (exact) mass is 715 g/mol. The Hall–Kier alpha value is -6.00. The van der Waals surface area contributed by atoms with Crippen molar-refractivity contribution in [2.24, 2.45) is 0 Å². The smallest absolute Gasteiger partial charge is 0.330 e. The molecule has 2 aromatic heterocycles. The Morgan fingerprint density at radius 1 is 1.10 bits per heavy atom. The molecule has 0 radical (unpaired) electrons. The number of aromatic nitrogens is 5. The van der Waals surface area contributed by atoms with Gasteiger partial charge in [0, 0.05) is 54.5 Å². The number of carbonyl (C=O) groups excluding carboxylic acids is 2. The second-order valence-corrected chi connectivity index (χ2v) is 12.4. The quantitative estimate of drug-likeness (QED) is 0.186. The van der Waals surface area contributed by atoms with Gasteiger partial charge in [0.05, 0.1) is 26.0 Å². The SMILES string of the molecule is COc1ccc(N(C)C(=O)[C@H](Cc2cc(F)cc(F)c2)NC(=O)c2cccc(-c3cn(C4CC(n5cc(C)c(=O)[nH]c5=O)OC4CO)nn3)c2)cc1. The zero-order valence-corrected chi connectivity index (χ0v) is 28.3. The molecule has 52 heavy (non-hydrogen) atoms. The molecule has 3 N–H and O–H groups in total. The minimum Gasteiger partial charge on any atom is -0.497 e. The van der Waals surface area contributed by atoms with Gasteiger partial charge >= 0.3 is 5.69 Å². The standard InChI is InChI=1S/C36H35F2N7O7/c1-20-17-44(36(50)40-33(20)47)32-16-30(31(19-46)52-32)45-18-29(41-42-45)22-5-4-6-23(14-22)34(48)39-28(13-21-11-24(37)15-25(38)12-21)35(49)43(2)26-7-9-27(51-3)10-8-26/h4-12,14-15,17-18,28,30-32,46H,13,16,19H2,1-3H3,(H,39,48)(H,40,47,50)/t28-,30?,31?,32?/m0/s1. The number of aliphatic hydroxyl groups is 1. The third-order valence-electron chi connectivity index (χ3n) is 8.87. The van der Waals surface area contributed by atoms with Crippen molar-refractivity contribution in [2.75, 3.05) is 25.7 Å². The lowest BCUT2D eigenvalue weighted by Crippen LogP contribution is -2.48. The number of aromatic amines is 1. The number of hydrogen-bond acceptors (Lipinski definition) is 9. The summed E-state index contributed by atoms with van der Waals surface area (Å²) in [5.41, 5.74) is 0.910. The maximum absolute atomic E-state index is 14.1. The van der Waals surface area contributed by atoms with Crippen LogP contribution < -0.4 is 26.2 Å². The van der Waals surface area contributed by atoms with Crippen LogP contribution >= 0.6 is 0 Å². The number of nitrogens with zero attached hydrogens (tertiary/aromatic N) is 5. The molecule has 0 bridgehead atoms. The van der Waals surface area contributed by atoms with Gasteiger partial charge < -0.3 is 24.8 Å². The van der Waals surface area contributed by atoms with Crippen LogP contribution in [0.3, 0.4) is 0 Å². The second kappa shape index (κ2) is 15.1. The highest BCUT2D eigenvalue weighted by Crippen LogP contribution is 2.36. The molecule has 16 heteroatoms. The predicted octanol–water partition coefficient (Wildman–Crippen LogP) is 2.92. The minimum atomic E-state index is -1.21. The van der Waals surface area contributed by atoms with Gasteiger partial charge in [-0.3, -0.25) is 23.9 Å². The van der Waals surface area contributed by atoms with Gasteiger partial charge in [-0.15, -0.1) is 5.10 Å². The lowest BCUT2D eigenvalue weighted by atomic mass is 10.0. The van der Waals surface area contributed by atoms with Crippen LogP contribution in [0.1, 0.15) is 40.2 Å². The zero-order chi connectivity index (χ0) is 37.1. The molecule has 3 unspecified atom stereocenters. The zero-order valence-electron chi connectivity index (χ0n) is 28.3. The van der Waals surface area contributed by atoms with Gasteiger partial charge in [0.25, 0.3) is 11.5 Å². The summed E-state index contributed by atoms with van der Waals surface area (Å²) in [5, 5.41) is 21.3. The first-order chi connectivity index (χ1) is 24.9. The van der Waals surface area contributed by atoms with Crippen molar-refractivity contribution in [1.82, 2.24) is 29.9 Å². The predicted molar refractivity (Wildman–Crippen MR) is 184 cm³/mol. The molecule has 4 atom stereocenters. The first-order valence-corrected chi connectivity index (χ1v) is 16.2. The van der Waals surface area contributed by atoms with Gasteiger partial charge in [-0.05, 0) is 61.0 Å². The highest BCUT2D eigenvalue weighted by Gasteiger charge is 2.38. The number of halogens is 2. The molecule has 0 saturated carbocycles. The first kappa shape index (κ1) is 35.8. The number of ether oxygens (including phenoxy) is 2. The Labute approximate surface area is 295 Å². The largest absolute Gasteiger partial charge is 0.497 e. The number of H-pyrrole nitrogens is 1. The van der Waals surface area contributed by atoms with Crippen LogP contribution in [0, 0.1) is 18.6 Å². The molecule has 1 fully saturated rings. The van der Waals surface area contributed by atoms with Crippen molar-refractivity contribution in [3.63, 3.8) is 0 Å². The number of likely N-dealkylation sites (N-methyl/N-ethyl adjacent to an activating group) is 1. The van der Waals surface area contributed by atoms with Crippen LogP contribution in [-0.2, 0) is 16.0 Å².